The zero-order valence-corrected chi connectivity index (χ0v) is 13.0. The second kappa shape index (κ2) is 6.22. The van der Waals surface area contributed by atoms with Crippen molar-refractivity contribution in [1.82, 2.24) is 9.78 Å². The Morgan fingerprint density at radius 3 is 2.61 bits per heavy atom. The van der Waals surface area contributed by atoms with Gasteiger partial charge >= 0.3 is 0 Å². The summed E-state index contributed by atoms with van der Waals surface area (Å²) in [4.78, 5) is 12.4. The van der Waals surface area contributed by atoms with Crippen LogP contribution in [0.5, 0.6) is 0 Å². The summed E-state index contributed by atoms with van der Waals surface area (Å²) in [5, 5.41) is 7.29. The van der Waals surface area contributed by atoms with E-state index in [1.165, 1.54) is 16.9 Å². The fourth-order valence-corrected chi connectivity index (χ4v) is 2.43. The standard InChI is InChI=1S/C17H13ClFN3O/c1-11-12(17(23)21-15-8-4-2-6-13(15)18)10-20-22(11)16-9-5-3-7-14(16)19/h2-10H,1H3,(H,21,23). The Morgan fingerprint density at radius 2 is 1.87 bits per heavy atom. The third-order valence-electron chi connectivity index (χ3n) is 3.46. The van der Waals surface area contributed by atoms with E-state index in [9.17, 15) is 9.18 Å². The van der Waals surface area contributed by atoms with Gasteiger partial charge in [0.15, 0.2) is 0 Å². The van der Waals surface area contributed by atoms with Crippen molar-refractivity contribution in [3.63, 3.8) is 0 Å². The minimum Gasteiger partial charge on any atom is -0.321 e. The molecule has 1 N–H and O–H groups in total. The Kier molecular flexibility index (Phi) is 4.12. The monoisotopic (exact) mass is 329 g/mol. The van der Waals surface area contributed by atoms with Crippen LogP contribution < -0.4 is 5.32 Å². The molecule has 3 rings (SSSR count). The zero-order chi connectivity index (χ0) is 16.4. The summed E-state index contributed by atoms with van der Waals surface area (Å²) in [6.45, 7) is 1.71. The smallest absolute Gasteiger partial charge is 0.259 e. The molecular weight excluding hydrogens is 317 g/mol. The van der Waals surface area contributed by atoms with Crippen molar-refractivity contribution in [2.24, 2.45) is 0 Å². The third kappa shape index (κ3) is 2.96. The first-order valence-corrected chi connectivity index (χ1v) is 7.31. The van der Waals surface area contributed by atoms with Crippen molar-refractivity contribution in [1.29, 1.82) is 0 Å². The van der Waals surface area contributed by atoms with E-state index in [2.05, 4.69) is 10.4 Å². The molecule has 1 amide bonds. The SMILES string of the molecule is Cc1c(C(=O)Nc2ccccc2Cl)cnn1-c1ccccc1F. The molecule has 0 bridgehead atoms. The van der Waals surface area contributed by atoms with Gasteiger partial charge in [-0.05, 0) is 31.2 Å². The van der Waals surface area contributed by atoms with E-state index in [1.807, 2.05) is 0 Å². The first kappa shape index (κ1) is 15.2. The number of para-hydroxylation sites is 2. The van der Waals surface area contributed by atoms with Crippen molar-refractivity contribution in [2.45, 2.75) is 6.92 Å². The van der Waals surface area contributed by atoms with Gasteiger partial charge < -0.3 is 5.32 Å². The number of hydrogen-bond donors (Lipinski definition) is 1. The summed E-state index contributed by atoms with van der Waals surface area (Å²) in [7, 11) is 0. The van der Waals surface area contributed by atoms with E-state index in [4.69, 9.17) is 11.6 Å². The minimum absolute atomic E-state index is 0.293. The maximum atomic E-state index is 13.9. The molecule has 1 heterocycles. The van der Waals surface area contributed by atoms with Crippen LogP contribution in [0.2, 0.25) is 5.02 Å². The fourth-order valence-electron chi connectivity index (χ4n) is 2.25. The molecule has 1 aromatic heterocycles. The second-order valence-electron chi connectivity index (χ2n) is 4.94. The van der Waals surface area contributed by atoms with Crippen LogP contribution in [0.25, 0.3) is 5.69 Å². The number of aromatic nitrogens is 2. The lowest BCUT2D eigenvalue weighted by Crippen LogP contribution is -2.13. The highest BCUT2D eigenvalue weighted by molar-refractivity contribution is 6.33. The van der Waals surface area contributed by atoms with E-state index in [-0.39, 0.29) is 5.91 Å². The van der Waals surface area contributed by atoms with E-state index < -0.39 is 5.82 Å². The van der Waals surface area contributed by atoms with E-state index in [0.29, 0.717) is 27.7 Å². The van der Waals surface area contributed by atoms with Crippen molar-refractivity contribution < 1.29 is 9.18 Å². The van der Waals surface area contributed by atoms with Gasteiger partial charge in [0.1, 0.15) is 11.5 Å². The van der Waals surface area contributed by atoms with Gasteiger partial charge in [0.2, 0.25) is 0 Å². The number of benzene rings is 2. The molecule has 0 saturated heterocycles. The van der Waals surface area contributed by atoms with Crippen LogP contribution in [0.1, 0.15) is 16.1 Å². The van der Waals surface area contributed by atoms with Gasteiger partial charge in [-0.15, -0.1) is 0 Å². The number of hydrogen-bond acceptors (Lipinski definition) is 2. The van der Waals surface area contributed by atoms with Gasteiger partial charge in [-0.1, -0.05) is 35.9 Å². The second-order valence-corrected chi connectivity index (χ2v) is 5.35. The van der Waals surface area contributed by atoms with E-state index in [0.717, 1.165) is 0 Å². The third-order valence-corrected chi connectivity index (χ3v) is 3.79. The maximum Gasteiger partial charge on any atom is 0.259 e. The van der Waals surface area contributed by atoms with Crippen molar-refractivity contribution in [3.05, 3.63) is 76.8 Å². The Labute approximate surface area is 137 Å². The normalized spacial score (nSPS) is 10.6. The Bertz CT molecular complexity index is 876. The predicted molar refractivity (Wildman–Crippen MR) is 87.7 cm³/mol. The summed E-state index contributed by atoms with van der Waals surface area (Å²) in [5.41, 5.74) is 1.70. The number of carbonyl (C=O) groups excluding carboxylic acids is 1. The Hall–Kier alpha value is -2.66. The lowest BCUT2D eigenvalue weighted by molar-refractivity contribution is 0.102. The van der Waals surface area contributed by atoms with Crippen molar-refractivity contribution in [3.8, 4) is 5.69 Å². The molecule has 0 aliphatic carbocycles. The van der Waals surface area contributed by atoms with Gasteiger partial charge in [0.05, 0.1) is 28.2 Å². The summed E-state index contributed by atoms with van der Waals surface area (Å²) in [6, 6.07) is 13.2. The van der Waals surface area contributed by atoms with Crippen LogP contribution in [0.15, 0.2) is 54.7 Å². The summed E-state index contributed by atoms with van der Waals surface area (Å²) in [5.74, 6) is -0.755. The molecule has 4 nitrogen and oxygen atoms in total. The molecule has 2 aromatic carbocycles. The number of rotatable bonds is 3. The Balaban J connectivity index is 1.92. The van der Waals surface area contributed by atoms with Crippen LogP contribution in [-0.2, 0) is 0 Å². The molecule has 0 fully saturated rings. The highest BCUT2D eigenvalue weighted by Gasteiger charge is 2.17. The highest BCUT2D eigenvalue weighted by Crippen LogP contribution is 2.22. The molecule has 0 radical (unpaired) electrons. The lowest BCUT2D eigenvalue weighted by Gasteiger charge is -2.08. The molecule has 0 aliphatic heterocycles. The molecular formula is C17H13ClFN3O. The number of nitrogens with zero attached hydrogens (tertiary/aromatic N) is 2. The predicted octanol–water partition coefficient (Wildman–Crippen LogP) is 4.23. The minimum atomic E-state index is -0.406. The molecule has 0 saturated carbocycles. The van der Waals surface area contributed by atoms with Gasteiger partial charge in [0.25, 0.3) is 5.91 Å². The van der Waals surface area contributed by atoms with Crippen LogP contribution in [0.3, 0.4) is 0 Å². The van der Waals surface area contributed by atoms with Gasteiger partial charge in [-0.2, -0.15) is 5.10 Å². The highest BCUT2D eigenvalue weighted by atomic mass is 35.5. The fraction of sp³-hybridized carbons (Fsp3) is 0.0588. The topological polar surface area (TPSA) is 46.9 Å². The van der Waals surface area contributed by atoms with E-state index >= 15 is 0 Å². The van der Waals surface area contributed by atoms with Crippen molar-refractivity contribution in [2.75, 3.05) is 5.32 Å². The van der Waals surface area contributed by atoms with Crippen LogP contribution in [0.4, 0.5) is 10.1 Å². The van der Waals surface area contributed by atoms with Crippen molar-refractivity contribution >= 4 is 23.2 Å². The van der Waals surface area contributed by atoms with Gasteiger partial charge in [-0.25, -0.2) is 9.07 Å². The van der Waals surface area contributed by atoms with Crippen LogP contribution >= 0.6 is 11.6 Å². The quantitative estimate of drug-likeness (QED) is 0.781. The summed E-state index contributed by atoms with van der Waals surface area (Å²) < 4.78 is 15.3. The molecule has 0 atom stereocenters. The number of carbonyl (C=O) groups is 1. The van der Waals surface area contributed by atoms with Crippen LogP contribution in [-0.4, -0.2) is 15.7 Å². The number of amides is 1. The van der Waals surface area contributed by atoms with E-state index in [1.54, 1.807) is 49.4 Å². The maximum absolute atomic E-state index is 13.9. The number of anilines is 1. The lowest BCUT2D eigenvalue weighted by atomic mass is 10.2. The largest absolute Gasteiger partial charge is 0.321 e. The molecule has 6 heteroatoms. The molecule has 0 aliphatic rings. The average Bonchev–Trinajstić information content (AvgIpc) is 2.92. The van der Waals surface area contributed by atoms with Crippen LogP contribution in [0, 0.1) is 12.7 Å². The molecule has 3 aromatic rings. The first-order valence-electron chi connectivity index (χ1n) is 6.93. The Morgan fingerprint density at radius 1 is 1.17 bits per heavy atom. The zero-order valence-electron chi connectivity index (χ0n) is 12.3. The molecule has 0 spiro atoms. The molecule has 116 valence electrons. The number of nitrogens with one attached hydrogen (secondary N) is 1. The van der Waals surface area contributed by atoms with Gasteiger partial charge in [0, 0.05) is 0 Å². The summed E-state index contributed by atoms with van der Waals surface area (Å²) in [6.07, 6.45) is 1.41. The number of halogens is 2. The van der Waals surface area contributed by atoms with Gasteiger partial charge in [-0.3, -0.25) is 4.79 Å². The average molecular weight is 330 g/mol. The molecule has 0 unspecified atom stereocenters. The first-order chi connectivity index (χ1) is 11.1. The molecule has 23 heavy (non-hydrogen) atoms. The summed E-state index contributed by atoms with van der Waals surface area (Å²) >= 11 is 6.03.